The molecule has 0 spiro atoms. The second-order valence-corrected chi connectivity index (χ2v) is 11.9. The molecule has 1 N–H and O–H groups in total. The summed E-state index contributed by atoms with van der Waals surface area (Å²) in [5, 5.41) is 2.61. The van der Waals surface area contributed by atoms with E-state index in [9.17, 15) is 21.6 Å². The molecule has 1 amide bonds. The SMILES string of the molecule is CN(C1CCCCC1)S(=O)(=O)c1ccccc1NC(=O)COc1ccc(S(C)(=O)=O)cc1. The van der Waals surface area contributed by atoms with Crippen LogP contribution in [0.25, 0.3) is 0 Å². The molecule has 32 heavy (non-hydrogen) atoms. The molecule has 0 aliphatic heterocycles. The normalized spacial score (nSPS) is 15.5. The molecular weight excluding hydrogens is 452 g/mol. The van der Waals surface area contributed by atoms with Crippen LogP contribution in [0.3, 0.4) is 0 Å². The number of sulfonamides is 1. The van der Waals surface area contributed by atoms with Crippen molar-refractivity contribution in [2.75, 3.05) is 25.2 Å². The van der Waals surface area contributed by atoms with Crippen LogP contribution < -0.4 is 10.1 Å². The lowest BCUT2D eigenvalue weighted by molar-refractivity contribution is -0.118. The van der Waals surface area contributed by atoms with Gasteiger partial charge in [-0.1, -0.05) is 31.4 Å². The quantitative estimate of drug-likeness (QED) is 0.622. The van der Waals surface area contributed by atoms with Crippen molar-refractivity contribution in [1.82, 2.24) is 4.31 Å². The fourth-order valence-electron chi connectivity index (χ4n) is 3.71. The minimum Gasteiger partial charge on any atom is -0.484 e. The lowest BCUT2D eigenvalue weighted by Gasteiger charge is -2.30. The molecule has 0 unspecified atom stereocenters. The van der Waals surface area contributed by atoms with Gasteiger partial charge in [-0.15, -0.1) is 0 Å². The van der Waals surface area contributed by atoms with E-state index in [0.29, 0.717) is 5.75 Å². The molecule has 1 saturated carbocycles. The number of carbonyl (C=O) groups is 1. The van der Waals surface area contributed by atoms with E-state index < -0.39 is 25.8 Å². The van der Waals surface area contributed by atoms with Crippen molar-refractivity contribution in [3.05, 3.63) is 48.5 Å². The van der Waals surface area contributed by atoms with Crippen molar-refractivity contribution in [2.24, 2.45) is 0 Å². The highest BCUT2D eigenvalue weighted by Crippen LogP contribution is 2.29. The molecule has 2 aromatic carbocycles. The van der Waals surface area contributed by atoms with Crippen LogP contribution in [0.2, 0.25) is 0 Å². The van der Waals surface area contributed by atoms with E-state index in [4.69, 9.17) is 4.74 Å². The lowest BCUT2D eigenvalue weighted by Crippen LogP contribution is -2.38. The van der Waals surface area contributed by atoms with E-state index in [1.165, 1.54) is 34.6 Å². The summed E-state index contributed by atoms with van der Waals surface area (Å²) < 4.78 is 56.3. The van der Waals surface area contributed by atoms with Gasteiger partial charge in [0.25, 0.3) is 5.91 Å². The van der Waals surface area contributed by atoms with Gasteiger partial charge in [-0.05, 0) is 49.2 Å². The van der Waals surface area contributed by atoms with Crippen LogP contribution in [0.5, 0.6) is 5.75 Å². The fourth-order valence-corrected chi connectivity index (χ4v) is 5.90. The molecule has 1 aliphatic rings. The van der Waals surface area contributed by atoms with Gasteiger partial charge in [-0.2, -0.15) is 4.31 Å². The third-order valence-corrected chi connectivity index (χ3v) is 8.63. The maximum atomic E-state index is 13.2. The largest absolute Gasteiger partial charge is 0.484 e. The average molecular weight is 481 g/mol. The maximum Gasteiger partial charge on any atom is 0.262 e. The predicted octanol–water partition coefficient (Wildman–Crippen LogP) is 3.06. The van der Waals surface area contributed by atoms with Crippen molar-refractivity contribution >= 4 is 31.5 Å². The van der Waals surface area contributed by atoms with Crippen LogP contribution in [0, 0.1) is 0 Å². The first kappa shape index (κ1) is 24.2. The van der Waals surface area contributed by atoms with E-state index in [0.717, 1.165) is 38.4 Å². The summed E-state index contributed by atoms with van der Waals surface area (Å²) in [6, 6.07) is 12.0. The molecule has 0 heterocycles. The number of nitrogens with one attached hydrogen (secondary N) is 1. The van der Waals surface area contributed by atoms with Crippen molar-refractivity contribution in [2.45, 2.75) is 47.9 Å². The Morgan fingerprint density at radius 2 is 1.62 bits per heavy atom. The number of ether oxygens (including phenoxy) is 1. The number of sulfone groups is 1. The van der Waals surface area contributed by atoms with E-state index >= 15 is 0 Å². The minimum atomic E-state index is -3.78. The Morgan fingerprint density at radius 1 is 1.00 bits per heavy atom. The van der Waals surface area contributed by atoms with E-state index in [2.05, 4.69) is 5.32 Å². The third-order valence-electron chi connectivity index (χ3n) is 5.53. The molecule has 2 aromatic rings. The molecule has 8 nitrogen and oxygen atoms in total. The van der Waals surface area contributed by atoms with E-state index in [-0.39, 0.29) is 28.1 Å². The van der Waals surface area contributed by atoms with Gasteiger partial charge in [0.1, 0.15) is 10.6 Å². The number of hydrogen-bond donors (Lipinski definition) is 1. The van der Waals surface area contributed by atoms with Gasteiger partial charge < -0.3 is 10.1 Å². The van der Waals surface area contributed by atoms with Crippen LogP contribution in [0.15, 0.2) is 58.3 Å². The van der Waals surface area contributed by atoms with E-state index in [1.807, 2.05) is 0 Å². The van der Waals surface area contributed by atoms with Gasteiger partial charge >= 0.3 is 0 Å². The van der Waals surface area contributed by atoms with Gasteiger partial charge in [0, 0.05) is 19.3 Å². The highest BCUT2D eigenvalue weighted by atomic mass is 32.2. The van der Waals surface area contributed by atoms with Gasteiger partial charge in [-0.25, -0.2) is 16.8 Å². The van der Waals surface area contributed by atoms with Crippen LogP contribution in [0.4, 0.5) is 5.69 Å². The molecule has 3 rings (SSSR count). The third kappa shape index (κ3) is 5.87. The Labute approximate surface area is 189 Å². The smallest absolute Gasteiger partial charge is 0.262 e. The van der Waals surface area contributed by atoms with Gasteiger partial charge in [0.15, 0.2) is 16.4 Å². The van der Waals surface area contributed by atoms with Crippen LogP contribution in [0.1, 0.15) is 32.1 Å². The number of amides is 1. The number of nitrogens with zero attached hydrogens (tertiary/aromatic N) is 1. The van der Waals surface area contributed by atoms with Gasteiger partial charge in [-0.3, -0.25) is 4.79 Å². The molecule has 1 aliphatic carbocycles. The van der Waals surface area contributed by atoms with Crippen LogP contribution in [-0.2, 0) is 24.7 Å². The van der Waals surface area contributed by atoms with Crippen LogP contribution >= 0.6 is 0 Å². The molecule has 0 aromatic heterocycles. The Balaban J connectivity index is 1.68. The number of rotatable bonds is 8. The summed E-state index contributed by atoms with van der Waals surface area (Å²) in [5.74, 6) is -0.203. The second kappa shape index (κ2) is 10.0. The molecule has 174 valence electrons. The molecule has 0 bridgehead atoms. The summed E-state index contributed by atoms with van der Waals surface area (Å²) in [6.45, 7) is -0.356. The standard InChI is InChI=1S/C22H28N2O6S2/c1-24(17-8-4-3-5-9-17)32(28,29)21-11-7-6-10-20(21)23-22(25)16-30-18-12-14-19(15-13-18)31(2,26)27/h6-7,10-15,17H,3-5,8-9,16H2,1-2H3,(H,23,25). The second-order valence-electron chi connectivity index (χ2n) is 7.89. The fraction of sp³-hybridized carbons (Fsp3) is 0.409. The van der Waals surface area contributed by atoms with Gasteiger partial charge in [0.2, 0.25) is 10.0 Å². The lowest BCUT2D eigenvalue weighted by atomic mass is 9.96. The zero-order chi connectivity index (χ0) is 23.4. The highest BCUT2D eigenvalue weighted by Gasteiger charge is 2.31. The van der Waals surface area contributed by atoms with Crippen molar-refractivity contribution in [3.8, 4) is 5.75 Å². The molecule has 0 saturated heterocycles. The number of anilines is 1. The first-order valence-electron chi connectivity index (χ1n) is 10.4. The highest BCUT2D eigenvalue weighted by molar-refractivity contribution is 7.90. The zero-order valence-electron chi connectivity index (χ0n) is 18.2. The van der Waals surface area contributed by atoms with E-state index in [1.54, 1.807) is 25.2 Å². The first-order chi connectivity index (χ1) is 15.1. The number of para-hydroxylation sites is 1. The first-order valence-corrected chi connectivity index (χ1v) is 13.7. The van der Waals surface area contributed by atoms with Crippen molar-refractivity contribution in [1.29, 1.82) is 0 Å². The average Bonchev–Trinajstić information content (AvgIpc) is 2.77. The molecular formula is C22H28N2O6S2. The topological polar surface area (TPSA) is 110 Å². The summed E-state index contributed by atoms with van der Waals surface area (Å²) in [5.41, 5.74) is 0.191. The Kier molecular flexibility index (Phi) is 7.58. The monoisotopic (exact) mass is 480 g/mol. The number of carbonyl (C=O) groups excluding carboxylic acids is 1. The maximum absolute atomic E-state index is 13.2. The number of benzene rings is 2. The number of hydrogen-bond acceptors (Lipinski definition) is 6. The van der Waals surface area contributed by atoms with Gasteiger partial charge in [0.05, 0.1) is 10.6 Å². The molecule has 0 atom stereocenters. The Hall–Kier alpha value is -2.43. The summed E-state index contributed by atoms with van der Waals surface area (Å²) >= 11 is 0. The molecule has 0 radical (unpaired) electrons. The van der Waals surface area contributed by atoms with Crippen molar-refractivity contribution in [3.63, 3.8) is 0 Å². The molecule has 10 heteroatoms. The molecule has 1 fully saturated rings. The Bertz CT molecular complexity index is 1160. The minimum absolute atomic E-state index is 0.0407. The summed E-state index contributed by atoms with van der Waals surface area (Å²) in [4.78, 5) is 12.6. The summed E-state index contributed by atoms with van der Waals surface area (Å²) in [7, 11) is -5.51. The van der Waals surface area contributed by atoms with Crippen LogP contribution in [-0.4, -0.2) is 53.0 Å². The summed E-state index contributed by atoms with van der Waals surface area (Å²) in [6.07, 6.45) is 5.89. The predicted molar refractivity (Wildman–Crippen MR) is 122 cm³/mol. The zero-order valence-corrected chi connectivity index (χ0v) is 19.8. The Morgan fingerprint density at radius 3 is 2.25 bits per heavy atom. The van der Waals surface area contributed by atoms with Crippen molar-refractivity contribution < 1.29 is 26.4 Å².